The molecule has 0 aromatic heterocycles. The first-order valence-electron chi connectivity index (χ1n) is 12.6. The largest absolute Gasteiger partial charge is 0.448 e. The van der Waals surface area contributed by atoms with Crippen molar-refractivity contribution >= 4 is 6.09 Å². The predicted molar refractivity (Wildman–Crippen MR) is 133 cm³/mol. The van der Waals surface area contributed by atoms with Crippen LogP contribution in [0.2, 0.25) is 0 Å². The van der Waals surface area contributed by atoms with Gasteiger partial charge in [-0.05, 0) is 65.7 Å². The van der Waals surface area contributed by atoms with Crippen LogP contribution in [0.15, 0.2) is 48.5 Å². The van der Waals surface area contributed by atoms with Crippen molar-refractivity contribution in [1.29, 1.82) is 0 Å². The molecule has 1 N–H and O–H groups in total. The Hall–Kier alpha value is -2.33. The maximum Gasteiger partial charge on any atom is 0.410 e. The van der Waals surface area contributed by atoms with Crippen LogP contribution in [0.3, 0.4) is 0 Å². The Balaban J connectivity index is 1.49. The number of hydrogen-bond donors (Lipinski definition) is 1. The SMILES string of the molecule is CCC(CO)N(C(=O)OCC1c2ccccc2-c2ccccc21)C1CCC(C(C)(C)C)CC1. The molecule has 178 valence electrons. The molecule has 0 bridgehead atoms. The van der Waals surface area contributed by atoms with E-state index in [2.05, 4.69) is 69.3 Å². The zero-order valence-electron chi connectivity index (χ0n) is 20.6. The molecule has 1 amide bonds. The monoisotopic (exact) mass is 449 g/mol. The molecule has 1 atom stereocenters. The number of aliphatic hydroxyl groups is 1. The summed E-state index contributed by atoms with van der Waals surface area (Å²) >= 11 is 0. The summed E-state index contributed by atoms with van der Waals surface area (Å²) in [6, 6.07) is 16.7. The van der Waals surface area contributed by atoms with Gasteiger partial charge < -0.3 is 9.84 Å². The van der Waals surface area contributed by atoms with Crippen LogP contribution in [-0.4, -0.2) is 41.4 Å². The molecule has 0 heterocycles. The average molecular weight is 450 g/mol. The molecule has 0 saturated heterocycles. The second-order valence-electron chi connectivity index (χ2n) is 10.8. The minimum atomic E-state index is -0.281. The molecule has 1 unspecified atom stereocenters. The smallest absolute Gasteiger partial charge is 0.410 e. The van der Waals surface area contributed by atoms with Crippen LogP contribution in [-0.2, 0) is 4.74 Å². The second kappa shape index (κ2) is 9.89. The third kappa shape index (κ3) is 4.82. The number of nitrogens with zero attached hydrogens (tertiary/aromatic N) is 1. The van der Waals surface area contributed by atoms with Crippen molar-refractivity contribution in [3.63, 3.8) is 0 Å². The molecule has 4 heteroatoms. The van der Waals surface area contributed by atoms with Crippen LogP contribution in [0, 0.1) is 11.3 Å². The number of benzene rings is 2. The standard InChI is InChI=1S/C29H39NO3/c1-5-21(18-31)30(22-16-14-20(15-17-22)29(2,3)4)28(32)33-19-27-25-12-8-6-10-23(25)24-11-7-9-13-26(24)27/h6-13,20-22,27,31H,5,14-19H2,1-4H3. The molecule has 0 aliphatic heterocycles. The Morgan fingerprint density at radius 3 is 2.03 bits per heavy atom. The summed E-state index contributed by atoms with van der Waals surface area (Å²) in [4.78, 5) is 15.3. The lowest BCUT2D eigenvalue weighted by Crippen LogP contribution is -2.50. The number of carbonyl (C=O) groups is 1. The molecule has 2 aliphatic carbocycles. The van der Waals surface area contributed by atoms with Gasteiger partial charge in [-0.3, -0.25) is 4.90 Å². The lowest BCUT2D eigenvalue weighted by molar-refractivity contribution is 0.0240. The number of ether oxygens (including phenoxy) is 1. The molecule has 0 radical (unpaired) electrons. The quantitative estimate of drug-likeness (QED) is 0.539. The minimum Gasteiger partial charge on any atom is -0.448 e. The van der Waals surface area contributed by atoms with E-state index in [1.54, 1.807) is 0 Å². The third-order valence-corrected chi connectivity index (χ3v) is 7.94. The highest BCUT2D eigenvalue weighted by atomic mass is 16.6. The first kappa shape index (κ1) is 23.8. The Labute approximate surface area is 199 Å². The van der Waals surface area contributed by atoms with Crippen molar-refractivity contribution in [3.8, 4) is 11.1 Å². The summed E-state index contributed by atoms with van der Waals surface area (Å²) in [6.07, 6.45) is 4.62. The molecule has 2 aliphatic rings. The molecule has 33 heavy (non-hydrogen) atoms. The van der Waals surface area contributed by atoms with E-state index in [4.69, 9.17) is 4.74 Å². The van der Waals surface area contributed by atoms with E-state index in [1.165, 1.54) is 22.3 Å². The van der Waals surface area contributed by atoms with Gasteiger partial charge in [0.05, 0.1) is 12.6 Å². The van der Waals surface area contributed by atoms with Crippen LogP contribution >= 0.6 is 0 Å². The van der Waals surface area contributed by atoms with Gasteiger partial charge in [-0.1, -0.05) is 76.2 Å². The number of rotatable bonds is 6. The zero-order chi connectivity index (χ0) is 23.6. The van der Waals surface area contributed by atoms with E-state index in [-0.39, 0.29) is 30.7 Å². The molecule has 2 aromatic carbocycles. The van der Waals surface area contributed by atoms with Crippen LogP contribution in [0.1, 0.15) is 76.8 Å². The first-order valence-corrected chi connectivity index (χ1v) is 12.6. The van der Waals surface area contributed by atoms with Crippen molar-refractivity contribution in [2.45, 2.75) is 77.8 Å². The zero-order valence-corrected chi connectivity index (χ0v) is 20.6. The van der Waals surface area contributed by atoms with E-state index in [1.807, 2.05) is 11.8 Å². The summed E-state index contributed by atoms with van der Waals surface area (Å²) in [5.41, 5.74) is 5.19. The molecule has 1 fully saturated rings. The fourth-order valence-electron chi connectivity index (χ4n) is 5.90. The number of hydrogen-bond acceptors (Lipinski definition) is 3. The fourth-order valence-corrected chi connectivity index (χ4v) is 5.90. The van der Waals surface area contributed by atoms with E-state index < -0.39 is 0 Å². The van der Waals surface area contributed by atoms with Crippen molar-refractivity contribution in [2.24, 2.45) is 11.3 Å². The molecule has 1 saturated carbocycles. The molecule has 0 spiro atoms. The van der Waals surface area contributed by atoms with Crippen LogP contribution < -0.4 is 0 Å². The van der Waals surface area contributed by atoms with Gasteiger partial charge in [0.25, 0.3) is 0 Å². The number of fused-ring (bicyclic) bond motifs is 3. The van der Waals surface area contributed by atoms with Crippen molar-refractivity contribution in [1.82, 2.24) is 4.90 Å². The number of carbonyl (C=O) groups excluding carboxylic acids is 1. The highest BCUT2D eigenvalue weighted by molar-refractivity contribution is 5.79. The molecular weight excluding hydrogens is 410 g/mol. The third-order valence-electron chi connectivity index (χ3n) is 7.94. The Kier molecular flexibility index (Phi) is 7.13. The van der Waals surface area contributed by atoms with Crippen LogP contribution in [0.5, 0.6) is 0 Å². The maximum absolute atomic E-state index is 13.5. The van der Waals surface area contributed by atoms with E-state index in [0.717, 1.165) is 32.1 Å². The highest BCUT2D eigenvalue weighted by Gasteiger charge is 2.37. The normalized spacial score (nSPS) is 21.2. The molecule has 4 nitrogen and oxygen atoms in total. The topological polar surface area (TPSA) is 49.8 Å². The van der Waals surface area contributed by atoms with Crippen molar-refractivity contribution in [2.75, 3.05) is 13.2 Å². The molecule has 2 aromatic rings. The van der Waals surface area contributed by atoms with Gasteiger partial charge in [0, 0.05) is 12.0 Å². The Bertz CT molecular complexity index is 906. The number of amides is 1. The summed E-state index contributed by atoms with van der Waals surface area (Å²) < 4.78 is 6.01. The summed E-state index contributed by atoms with van der Waals surface area (Å²) in [6.45, 7) is 9.26. The van der Waals surface area contributed by atoms with Gasteiger partial charge in [-0.2, -0.15) is 0 Å². The lowest BCUT2D eigenvalue weighted by Gasteiger charge is -2.43. The molecular formula is C29H39NO3. The van der Waals surface area contributed by atoms with Gasteiger partial charge in [0.2, 0.25) is 0 Å². The Morgan fingerprint density at radius 1 is 1.00 bits per heavy atom. The van der Waals surface area contributed by atoms with Gasteiger partial charge >= 0.3 is 6.09 Å². The van der Waals surface area contributed by atoms with Gasteiger partial charge in [-0.25, -0.2) is 4.79 Å². The van der Waals surface area contributed by atoms with Crippen molar-refractivity contribution < 1.29 is 14.6 Å². The van der Waals surface area contributed by atoms with Crippen LogP contribution in [0.25, 0.3) is 11.1 Å². The average Bonchev–Trinajstić information content (AvgIpc) is 3.14. The van der Waals surface area contributed by atoms with E-state index >= 15 is 0 Å². The second-order valence-corrected chi connectivity index (χ2v) is 10.8. The minimum absolute atomic E-state index is 0.0279. The molecule has 4 rings (SSSR count). The lowest BCUT2D eigenvalue weighted by atomic mass is 9.71. The summed E-state index contributed by atoms with van der Waals surface area (Å²) in [5.74, 6) is 0.723. The summed E-state index contributed by atoms with van der Waals surface area (Å²) in [7, 11) is 0. The van der Waals surface area contributed by atoms with Gasteiger partial charge in [-0.15, -0.1) is 0 Å². The fraction of sp³-hybridized carbons (Fsp3) is 0.552. The maximum atomic E-state index is 13.5. The highest BCUT2D eigenvalue weighted by Crippen LogP contribution is 2.45. The Morgan fingerprint density at radius 2 is 1.55 bits per heavy atom. The number of aliphatic hydroxyl groups excluding tert-OH is 1. The van der Waals surface area contributed by atoms with Gasteiger partial charge in [0.15, 0.2) is 0 Å². The van der Waals surface area contributed by atoms with Crippen molar-refractivity contribution in [3.05, 3.63) is 59.7 Å². The van der Waals surface area contributed by atoms with E-state index in [9.17, 15) is 9.90 Å². The summed E-state index contributed by atoms with van der Waals surface area (Å²) in [5, 5.41) is 10.0. The first-order chi connectivity index (χ1) is 15.8. The van der Waals surface area contributed by atoms with Gasteiger partial charge in [0.1, 0.15) is 6.61 Å². The van der Waals surface area contributed by atoms with E-state index in [0.29, 0.717) is 17.9 Å². The van der Waals surface area contributed by atoms with Crippen LogP contribution in [0.4, 0.5) is 4.79 Å². The predicted octanol–water partition coefficient (Wildman–Crippen LogP) is 6.61.